The smallest absolute Gasteiger partial charge is 0.0159 e. The molecule has 14 aromatic carbocycles. The standard InChI is InChI=1S/C90H68/c1-88(2,3)71-47-69-30-29-64-32-40-73(79-46-38-70(48-71)85(69)87(64)79)60-25-21-58(22-26-60)66-35-42-75-77-44-37-68(52-83(77)90(6,7)81(75)50-66)67-36-43-76-74-41-34-65(49-80(74)89(4,5)82(76)51-67)57-17-15-55(16-18-57)53-11-13-54(14-12-53)56-19-23-59(24-20-56)72-39-31-63-28-27-61-9-8-10-62-33-45-78(72)86(63)84(61)62/h8-28,30-46,48-52H,29,47H2,1-7H3. The SMILES string of the molecule is CC(C)(C)C1=Cc2ccc3c(-c4ccc(-c5ccc6c(c5)C(C)(C)c5cc(-c7ccc8c(c7)C(C)(C)c7cc(-c9ccc(-c%10ccc(-c%11ccc(-c%12ccc%13ccc%14cccc%15ccc%12c%13c%14%15)cc%11)cc%10)cc9)ccc7-8)ccc5-6)cc4)ccc4c3c2C(=CC4)C1. The first-order valence-electron chi connectivity index (χ1n) is 32.4. The summed E-state index contributed by atoms with van der Waals surface area (Å²) in [6, 6.07) is 95.1. The first-order valence-corrected chi connectivity index (χ1v) is 32.4. The van der Waals surface area contributed by atoms with Crippen LogP contribution < -0.4 is 0 Å². The Morgan fingerprint density at radius 2 is 0.656 bits per heavy atom. The number of rotatable bonds is 7. The van der Waals surface area contributed by atoms with Gasteiger partial charge in [-0.25, -0.2) is 0 Å². The lowest BCUT2D eigenvalue weighted by atomic mass is 9.72. The summed E-state index contributed by atoms with van der Waals surface area (Å²) in [6.07, 6.45) is 7.00. The predicted octanol–water partition coefficient (Wildman–Crippen LogP) is 24.8. The van der Waals surface area contributed by atoms with Crippen LogP contribution in [-0.2, 0) is 17.3 Å². The van der Waals surface area contributed by atoms with Gasteiger partial charge in [-0.1, -0.05) is 291 Å². The molecule has 90 heavy (non-hydrogen) atoms. The van der Waals surface area contributed by atoms with Gasteiger partial charge in [0.05, 0.1) is 0 Å². The van der Waals surface area contributed by atoms with Crippen molar-refractivity contribution in [2.45, 2.75) is 72.1 Å². The lowest BCUT2D eigenvalue weighted by Gasteiger charge is -2.32. The third kappa shape index (κ3) is 7.99. The normalized spacial score (nSPS) is 14.8. The minimum absolute atomic E-state index is 0.159. The summed E-state index contributed by atoms with van der Waals surface area (Å²) in [5, 5.41) is 10.7. The highest BCUT2D eigenvalue weighted by atomic mass is 14.4. The maximum absolute atomic E-state index is 2.49. The number of hydrogen-bond acceptors (Lipinski definition) is 0. The highest BCUT2D eigenvalue weighted by Crippen LogP contribution is 2.54. The van der Waals surface area contributed by atoms with E-state index in [4.69, 9.17) is 0 Å². The molecule has 0 unspecified atom stereocenters. The van der Waals surface area contributed by atoms with Gasteiger partial charge in [-0.05, 0) is 230 Å². The van der Waals surface area contributed by atoms with Crippen molar-refractivity contribution in [3.8, 4) is 100 Å². The molecule has 0 spiro atoms. The zero-order valence-electron chi connectivity index (χ0n) is 52.2. The van der Waals surface area contributed by atoms with Crippen LogP contribution >= 0.6 is 0 Å². The van der Waals surface area contributed by atoms with Crippen LogP contribution in [0, 0.1) is 5.41 Å². The van der Waals surface area contributed by atoms with Crippen LogP contribution in [-0.4, -0.2) is 0 Å². The van der Waals surface area contributed by atoms with E-state index in [9.17, 15) is 0 Å². The molecule has 0 saturated heterocycles. The van der Waals surface area contributed by atoms with Crippen LogP contribution in [0.25, 0.3) is 155 Å². The molecule has 0 N–H and O–H groups in total. The molecule has 4 aliphatic rings. The molecule has 0 radical (unpaired) electrons. The lowest BCUT2D eigenvalue weighted by Crippen LogP contribution is -2.15. The van der Waals surface area contributed by atoms with Gasteiger partial charge in [0, 0.05) is 10.8 Å². The van der Waals surface area contributed by atoms with Gasteiger partial charge in [0.1, 0.15) is 0 Å². The molecule has 428 valence electrons. The van der Waals surface area contributed by atoms with Gasteiger partial charge >= 0.3 is 0 Å². The number of allylic oxidation sites excluding steroid dienone is 3. The van der Waals surface area contributed by atoms with E-state index in [0.717, 1.165) is 12.8 Å². The highest BCUT2D eigenvalue weighted by Gasteiger charge is 2.38. The molecule has 18 rings (SSSR count). The molecule has 14 aromatic rings. The third-order valence-electron chi connectivity index (χ3n) is 21.6. The molecular weight excluding hydrogens is 1080 g/mol. The lowest BCUT2D eigenvalue weighted by molar-refractivity contribution is 0.498. The third-order valence-corrected chi connectivity index (χ3v) is 21.6. The second-order valence-electron chi connectivity index (χ2n) is 28.3. The molecule has 0 atom stereocenters. The predicted molar refractivity (Wildman–Crippen MR) is 385 cm³/mol. The first-order chi connectivity index (χ1) is 43.7. The molecular formula is C90H68. The van der Waals surface area contributed by atoms with Gasteiger partial charge in [0.25, 0.3) is 0 Å². The Morgan fingerprint density at radius 1 is 0.311 bits per heavy atom. The zero-order chi connectivity index (χ0) is 60.5. The molecule has 0 bridgehead atoms. The average molecular weight is 1150 g/mol. The highest BCUT2D eigenvalue weighted by molar-refractivity contribution is 6.25. The van der Waals surface area contributed by atoms with Crippen molar-refractivity contribution in [3.63, 3.8) is 0 Å². The number of hydrogen-bond donors (Lipinski definition) is 0. The van der Waals surface area contributed by atoms with Gasteiger partial charge < -0.3 is 0 Å². The maximum Gasteiger partial charge on any atom is 0.0159 e. The fraction of sp³-hybridized carbons (Fsp3) is 0.133. The van der Waals surface area contributed by atoms with Crippen molar-refractivity contribution in [1.82, 2.24) is 0 Å². The van der Waals surface area contributed by atoms with Crippen molar-refractivity contribution in [2.24, 2.45) is 5.41 Å². The van der Waals surface area contributed by atoms with E-state index in [-0.39, 0.29) is 16.2 Å². The van der Waals surface area contributed by atoms with Gasteiger partial charge in [0.15, 0.2) is 0 Å². The van der Waals surface area contributed by atoms with Crippen molar-refractivity contribution in [3.05, 3.63) is 299 Å². The Hall–Kier alpha value is -10.1. The molecule has 4 aliphatic carbocycles. The van der Waals surface area contributed by atoms with Crippen LogP contribution in [0.15, 0.2) is 260 Å². The van der Waals surface area contributed by atoms with Crippen LogP contribution in [0.1, 0.15) is 93.8 Å². The summed E-state index contributed by atoms with van der Waals surface area (Å²) >= 11 is 0. The molecule has 0 heteroatoms. The van der Waals surface area contributed by atoms with Gasteiger partial charge in [0.2, 0.25) is 0 Å². The molecule has 0 nitrogen and oxygen atoms in total. The summed E-state index contributed by atoms with van der Waals surface area (Å²) in [7, 11) is 0. The average Bonchev–Trinajstić information content (AvgIpc) is 0.896. The van der Waals surface area contributed by atoms with E-state index < -0.39 is 0 Å². The summed E-state index contributed by atoms with van der Waals surface area (Å²) in [5.74, 6) is 0. The maximum atomic E-state index is 2.49. The number of benzene rings is 14. The number of fused-ring (bicyclic) bond motifs is 6. The molecule has 0 heterocycles. The minimum atomic E-state index is -0.162. The van der Waals surface area contributed by atoms with E-state index in [1.807, 2.05) is 0 Å². The molecule has 0 fully saturated rings. The summed E-state index contributed by atoms with van der Waals surface area (Å²) < 4.78 is 0. The van der Waals surface area contributed by atoms with E-state index in [1.54, 1.807) is 0 Å². The Labute approximate surface area is 528 Å². The van der Waals surface area contributed by atoms with Gasteiger partial charge in [-0.2, -0.15) is 0 Å². The Bertz CT molecular complexity index is 5420. The van der Waals surface area contributed by atoms with E-state index >= 15 is 0 Å². The van der Waals surface area contributed by atoms with Crippen LogP contribution in [0.4, 0.5) is 0 Å². The Kier molecular flexibility index (Phi) is 11.3. The molecule has 0 aromatic heterocycles. The van der Waals surface area contributed by atoms with E-state index in [1.165, 1.54) is 193 Å². The Morgan fingerprint density at radius 3 is 1.11 bits per heavy atom. The monoisotopic (exact) mass is 1150 g/mol. The first kappa shape index (κ1) is 52.9. The van der Waals surface area contributed by atoms with Crippen molar-refractivity contribution >= 4 is 54.7 Å². The van der Waals surface area contributed by atoms with E-state index in [0.29, 0.717) is 0 Å². The summed E-state index contributed by atoms with van der Waals surface area (Å²) in [6.45, 7) is 16.7. The quantitative estimate of drug-likeness (QED) is 0.140. The van der Waals surface area contributed by atoms with Crippen molar-refractivity contribution < 1.29 is 0 Å². The fourth-order valence-electron chi connectivity index (χ4n) is 16.4. The molecule has 0 amide bonds. The van der Waals surface area contributed by atoms with E-state index in [2.05, 4.69) is 309 Å². The zero-order valence-corrected chi connectivity index (χ0v) is 52.2. The Balaban J connectivity index is 0.568. The molecule has 0 aliphatic heterocycles. The largest absolute Gasteiger partial charge is 0.0759 e. The summed E-state index contributed by atoms with van der Waals surface area (Å²) in [5.41, 5.74) is 35.6. The van der Waals surface area contributed by atoms with Crippen LogP contribution in [0.3, 0.4) is 0 Å². The fourth-order valence-corrected chi connectivity index (χ4v) is 16.4. The van der Waals surface area contributed by atoms with Crippen molar-refractivity contribution in [1.29, 1.82) is 0 Å². The van der Waals surface area contributed by atoms with Crippen molar-refractivity contribution in [2.75, 3.05) is 0 Å². The summed E-state index contributed by atoms with van der Waals surface area (Å²) in [4.78, 5) is 0. The second-order valence-corrected chi connectivity index (χ2v) is 28.3. The van der Waals surface area contributed by atoms with Crippen LogP contribution in [0.2, 0.25) is 0 Å². The topological polar surface area (TPSA) is 0 Å². The molecule has 0 saturated carbocycles. The second kappa shape index (κ2) is 19.2. The minimum Gasteiger partial charge on any atom is -0.0759 e. The van der Waals surface area contributed by atoms with Crippen LogP contribution in [0.5, 0.6) is 0 Å². The van der Waals surface area contributed by atoms with Gasteiger partial charge in [-0.3, -0.25) is 0 Å². The van der Waals surface area contributed by atoms with Gasteiger partial charge in [-0.15, -0.1) is 0 Å².